The van der Waals surface area contributed by atoms with Crippen LogP contribution in [0.1, 0.15) is 29.7 Å². The van der Waals surface area contributed by atoms with E-state index >= 15 is 0 Å². The minimum atomic E-state index is -0.0453. The molecule has 0 unspecified atom stereocenters. The van der Waals surface area contributed by atoms with E-state index in [1.807, 2.05) is 6.92 Å². The first-order chi connectivity index (χ1) is 10.5. The zero-order valence-corrected chi connectivity index (χ0v) is 13.9. The zero-order valence-electron chi connectivity index (χ0n) is 13.9. The third-order valence-electron chi connectivity index (χ3n) is 3.86. The molecular weight excluding hydrogens is 280 g/mol. The molecule has 0 aromatic heterocycles. The number of amides is 2. The highest BCUT2D eigenvalue weighted by Crippen LogP contribution is 2.17. The molecule has 0 spiro atoms. The van der Waals surface area contributed by atoms with Crippen molar-refractivity contribution in [3.05, 3.63) is 34.9 Å². The molecule has 2 amide bonds. The predicted molar refractivity (Wildman–Crippen MR) is 86.1 cm³/mol. The lowest BCUT2D eigenvalue weighted by atomic mass is 10.0. The summed E-state index contributed by atoms with van der Waals surface area (Å²) in [6.45, 7) is 8.41. The fraction of sp³-hybridized carbons (Fsp3) is 0.588. The van der Waals surface area contributed by atoms with Crippen LogP contribution in [0.15, 0.2) is 18.2 Å². The summed E-state index contributed by atoms with van der Waals surface area (Å²) in [6, 6.07) is 6.30. The number of nitrogens with one attached hydrogen (secondary N) is 1. The lowest BCUT2D eigenvalue weighted by Gasteiger charge is -2.33. The standard InChI is InChI=1S/C17H26N2O3/c1-12-7-13(2)9-15(8-12)14(3)18-17(20)19-5-6-22-16(10-19)11-21-4/h7-9,14,16H,5-6,10-11H2,1-4H3,(H,18,20)/t14-,16+/m1/s1. The van der Waals surface area contributed by atoms with Gasteiger partial charge in [0.05, 0.1) is 31.9 Å². The first-order valence-corrected chi connectivity index (χ1v) is 7.73. The molecule has 22 heavy (non-hydrogen) atoms. The summed E-state index contributed by atoms with van der Waals surface area (Å²) in [7, 11) is 1.64. The average Bonchev–Trinajstić information content (AvgIpc) is 2.46. The molecule has 0 bridgehead atoms. The van der Waals surface area contributed by atoms with Gasteiger partial charge in [-0.3, -0.25) is 0 Å². The number of nitrogens with zero attached hydrogens (tertiary/aromatic N) is 1. The molecule has 1 aromatic rings. The zero-order chi connectivity index (χ0) is 16.1. The minimum Gasteiger partial charge on any atom is -0.382 e. The van der Waals surface area contributed by atoms with Gasteiger partial charge >= 0.3 is 6.03 Å². The smallest absolute Gasteiger partial charge is 0.318 e. The van der Waals surface area contributed by atoms with E-state index in [2.05, 4.69) is 37.4 Å². The van der Waals surface area contributed by atoms with Crippen molar-refractivity contribution in [2.45, 2.75) is 32.9 Å². The van der Waals surface area contributed by atoms with E-state index in [1.165, 1.54) is 11.1 Å². The van der Waals surface area contributed by atoms with Gasteiger partial charge < -0.3 is 19.7 Å². The number of hydrogen-bond donors (Lipinski definition) is 1. The second-order valence-electron chi connectivity index (χ2n) is 5.99. The minimum absolute atomic E-state index is 0.0187. The Morgan fingerprint density at radius 1 is 1.41 bits per heavy atom. The second-order valence-corrected chi connectivity index (χ2v) is 5.99. The summed E-state index contributed by atoms with van der Waals surface area (Å²) in [4.78, 5) is 14.2. The molecule has 1 heterocycles. The molecule has 1 aliphatic rings. The lowest BCUT2D eigenvalue weighted by Crippen LogP contribution is -2.51. The molecule has 1 N–H and O–H groups in total. The lowest BCUT2D eigenvalue weighted by molar-refractivity contribution is -0.0496. The van der Waals surface area contributed by atoms with Gasteiger partial charge in [-0.15, -0.1) is 0 Å². The number of ether oxygens (including phenoxy) is 2. The Bertz CT molecular complexity index is 496. The number of aryl methyl sites for hydroxylation is 2. The van der Waals surface area contributed by atoms with E-state index in [0.717, 1.165) is 5.56 Å². The molecule has 0 saturated carbocycles. The van der Waals surface area contributed by atoms with E-state index in [4.69, 9.17) is 9.47 Å². The van der Waals surface area contributed by atoms with Crippen molar-refractivity contribution in [3.8, 4) is 0 Å². The maximum Gasteiger partial charge on any atom is 0.318 e. The Morgan fingerprint density at radius 3 is 2.73 bits per heavy atom. The number of carbonyl (C=O) groups excluding carboxylic acids is 1. The van der Waals surface area contributed by atoms with Crippen LogP contribution in [0.4, 0.5) is 4.79 Å². The molecule has 2 rings (SSSR count). The number of rotatable bonds is 4. The van der Waals surface area contributed by atoms with E-state index in [9.17, 15) is 4.79 Å². The molecule has 5 heteroatoms. The first-order valence-electron chi connectivity index (χ1n) is 7.73. The first kappa shape index (κ1) is 16.8. The summed E-state index contributed by atoms with van der Waals surface area (Å²) in [6.07, 6.45) is -0.0407. The van der Waals surface area contributed by atoms with E-state index in [1.54, 1.807) is 12.0 Å². The van der Waals surface area contributed by atoms with Crippen molar-refractivity contribution in [1.82, 2.24) is 10.2 Å². The summed E-state index contributed by atoms with van der Waals surface area (Å²) in [5, 5.41) is 3.07. The number of benzene rings is 1. The molecule has 0 aliphatic carbocycles. The van der Waals surface area contributed by atoms with Gasteiger partial charge in [-0.1, -0.05) is 29.3 Å². The molecule has 1 fully saturated rings. The third kappa shape index (κ3) is 4.45. The highest BCUT2D eigenvalue weighted by molar-refractivity contribution is 5.74. The number of methoxy groups -OCH3 is 1. The van der Waals surface area contributed by atoms with Crippen LogP contribution in [0, 0.1) is 13.8 Å². The molecule has 1 saturated heterocycles. The molecule has 0 radical (unpaired) electrons. The molecule has 1 aromatic carbocycles. The van der Waals surface area contributed by atoms with Crippen LogP contribution in [-0.4, -0.2) is 50.4 Å². The van der Waals surface area contributed by atoms with Crippen LogP contribution < -0.4 is 5.32 Å². The van der Waals surface area contributed by atoms with Crippen molar-refractivity contribution >= 4 is 6.03 Å². The molecule has 2 atom stereocenters. The fourth-order valence-corrected chi connectivity index (χ4v) is 2.81. The van der Waals surface area contributed by atoms with Crippen LogP contribution in [0.3, 0.4) is 0 Å². The SMILES string of the molecule is COC[C@@H]1CN(C(=O)N[C@H](C)c2cc(C)cc(C)c2)CCO1. The van der Waals surface area contributed by atoms with Crippen LogP contribution in [0.25, 0.3) is 0 Å². The maximum atomic E-state index is 12.4. The van der Waals surface area contributed by atoms with Gasteiger partial charge in [0.15, 0.2) is 0 Å². The molecule has 5 nitrogen and oxygen atoms in total. The average molecular weight is 306 g/mol. The van der Waals surface area contributed by atoms with Gasteiger partial charge in [0.2, 0.25) is 0 Å². The number of morpholine rings is 1. The van der Waals surface area contributed by atoms with Crippen LogP contribution >= 0.6 is 0 Å². The third-order valence-corrected chi connectivity index (χ3v) is 3.86. The van der Waals surface area contributed by atoms with Crippen LogP contribution in [0.5, 0.6) is 0 Å². The molecule has 122 valence electrons. The number of hydrogen-bond acceptors (Lipinski definition) is 3. The highest BCUT2D eigenvalue weighted by atomic mass is 16.5. The number of urea groups is 1. The van der Waals surface area contributed by atoms with Gasteiger partial charge in [0, 0.05) is 13.7 Å². The maximum absolute atomic E-state index is 12.4. The summed E-state index contributed by atoms with van der Waals surface area (Å²) in [5.41, 5.74) is 3.55. The van der Waals surface area contributed by atoms with Crippen molar-refractivity contribution < 1.29 is 14.3 Å². The van der Waals surface area contributed by atoms with Crippen LogP contribution in [0.2, 0.25) is 0 Å². The molecule has 1 aliphatic heterocycles. The Morgan fingerprint density at radius 2 is 2.09 bits per heavy atom. The van der Waals surface area contributed by atoms with E-state index in [-0.39, 0.29) is 18.2 Å². The monoisotopic (exact) mass is 306 g/mol. The normalized spacial score (nSPS) is 19.8. The van der Waals surface area contributed by atoms with Gasteiger partial charge in [-0.2, -0.15) is 0 Å². The quantitative estimate of drug-likeness (QED) is 0.929. The summed E-state index contributed by atoms with van der Waals surface area (Å²) < 4.78 is 10.7. The van der Waals surface area contributed by atoms with Crippen molar-refractivity contribution in [1.29, 1.82) is 0 Å². The fourth-order valence-electron chi connectivity index (χ4n) is 2.81. The Balaban J connectivity index is 1.95. The molecular formula is C17H26N2O3. The van der Waals surface area contributed by atoms with E-state index < -0.39 is 0 Å². The van der Waals surface area contributed by atoms with E-state index in [0.29, 0.717) is 26.3 Å². The van der Waals surface area contributed by atoms with Gasteiger partial charge in [0.1, 0.15) is 0 Å². The van der Waals surface area contributed by atoms with Gasteiger partial charge in [-0.25, -0.2) is 4.79 Å². The van der Waals surface area contributed by atoms with Crippen molar-refractivity contribution in [2.75, 3.05) is 33.4 Å². The summed E-state index contributed by atoms with van der Waals surface area (Å²) >= 11 is 0. The Kier molecular flexibility index (Phi) is 5.80. The summed E-state index contributed by atoms with van der Waals surface area (Å²) in [5.74, 6) is 0. The van der Waals surface area contributed by atoms with Gasteiger partial charge in [0.25, 0.3) is 0 Å². The topological polar surface area (TPSA) is 50.8 Å². The Labute approximate surface area is 132 Å². The van der Waals surface area contributed by atoms with Gasteiger partial charge in [-0.05, 0) is 26.3 Å². The Hall–Kier alpha value is -1.59. The van der Waals surface area contributed by atoms with Crippen molar-refractivity contribution in [2.24, 2.45) is 0 Å². The highest BCUT2D eigenvalue weighted by Gasteiger charge is 2.25. The van der Waals surface area contributed by atoms with Crippen LogP contribution in [-0.2, 0) is 9.47 Å². The number of carbonyl (C=O) groups is 1. The second kappa shape index (κ2) is 7.61. The largest absolute Gasteiger partial charge is 0.382 e. The predicted octanol–water partition coefficient (Wildman–Crippen LogP) is 2.42. The van der Waals surface area contributed by atoms with Crippen molar-refractivity contribution in [3.63, 3.8) is 0 Å².